The molecule has 6 N–H and O–H groups in total. The quantitative estimate of drug-likeness (QED) is 0.288. The molecule has 1 saturated heterocycles. The first-order valence-corrected chi connectivity index (χ1v) is 3.65. The first-order chi connectivity index (χ1) is 5.57. The van der Waals surface area contributed by atoms with Crippen LogP contribution in [-0.4, -0.2) is 57.7 Å². The Bertz CT molecular complexity index is 150. The van der Waals surface area contributed by atoms with E-state index in [-0.39, 0.29) is 6.54 Å². The van der Waals surface area contributed by atoms with Crippen molar-refractivity contribution in [2.24, 2.45) is 5.73 Å². The van der Waals surface area contributed by atoms with E-state index in [4.69, 9.17) is 25.8 Å². The van der Waals surface area contributed by atoms with E-state index < -0.39 is 30.7 Å². The first-order valence-electron chi connectivity index (χ1n) is 3.65. The highest BCUT2D eigenvalue weighted by molar-refractivity contribution is 4.88. The maximum Gasteiger partial charge on any atom is 0.184 e. The highest BCUT2D eigenvalue weighted by Gasteiger charge is 2.42. The molecule has 0 radical (unpaired) electrons. The van der Waals surface area contributed by atoms with Gasteiger partial charge in [0.2, 0.25) is 0 Å². The van der Waals surface area contributed by atoms with Crippen molar-refractivity contribution in [1.82, 2.24) is 0 Å². The maximum absolute atomic E-state index is 9.20. The monoisotopic (exact) mass is 179 g/mol. The molecule has 3 unspecified atom stereocenters. The van der Waals surface area contributed by atoms with Gasteiger partial charge >= 0.3 is 0 Å². The maximum atomic E-state index is 9.20. The number of ether oxygens (including phenoxy) is 1. The molecular formula is C6H13NO5. The van der Waals surface area contributed by atoms with Crippen LogP contribution >= 0.6 is 0 Å². The molecule has 1 heterocycles. The van der Waals surface area contributed by atoms with Gasteiger partial charge in [0.15, 0.2) is 6.29 Å². The molecule has 5 atom stereocenters. The topological polar surface area (TPSA) is 116 Å². The number of hydrogen-bond acceptors (Lipinski definition) is 6. The summed E-state index contributed by atoms with van der Waals surface area (Å²) in [4.78, 5) is 0. The van der Waals surface area contributed by atoms with Gasteiger partial charge in [-0.1, -0.05) is 0 Å². The van der Waals surface area contributed by atoms with Gasteiger partial charge in [-0.05, 0) is 0 Å². The molecule has 6 nitrogen and oxygen atoms in total. The van der Waals surface area contributed by atoms with Gasteiger partial charge < -0.3 is 30.9 Å². The minimum Gasteiger partial charge on any atom is -0.388 e. The average Bonchev–Trinajstić information content (AvgIpc) is 2.08. The summed E-state index contributed by atoms with van der Waals surface area (Å²) in [5.74, 6) is 0. The number of nitrogens with two attached hydrogens (primary N) is 1. The predicted octanol–water partition coefficient (Wildman–Crippen LogP) is -3.25. The second-order valence-corrected chi connectivity index (χ2v) is 2.77. The smallest absolute Gasteiger partial charge is 0.184 e. The molecule has 12 heavy (non-hydrogen) atoms. The molecule has 1 aliphatic rings. The first kappa shape index (κ1) is 9.85. The van der Waals surface area contributed by atoms with Gasteiger partial charge in [0, 0.05) is 6.54 Å². The van der Waals surface area contributed by atoms with Gasteiger partial charge in [-0.3, -0.25) is 0 Å². The fourth-order valence-corrected chi connectivity index (χ4v) is 1.13. The minimum atomic E-state index is -1.49. The van der Waals surface area contributed by atoms with Gasteiger partial charge in [-0.25, -0.2) is 0 Å². The third-order valence-electron chi connectivity index (χ3n) is 1.92. The Hall–Kier alpha value is -0.240. The fourth-order valence-electron chi connectivity index (χ4n) is 1.13. The molecule has 1 fully saturated rings. The zero-order valence-electron chi connectivity index (χ0n) is 6.37. The van der Waals surface area contributed by atoms with E-state index in [1.807, 2.05) is 0 Å². The summed E-state index contributed by atoms with van der Waals surface area (Å²) in [6.45, 7) is -0.0258. The summed E-state index contributed by atoms with van der Waals surface area (Å²) in [7, 11) is 0. The van der Waals surface area contributed by atoms with Crippen LogP contribution in [0.3, 0.4) is 0 Å². The van der Waals surface area contributed by atoms with Gasteiger partial charge in [-0.2, -0.15) is 0 Å². The van der Waals surface area contributed by atoms with Crippen LogP contribution in [0.1, 0.15) is 0 Å². The Kier molecular flexibility index (Phi) is 2.99. The fraction of sp³-hybridized carbons (Fsp3) is 1.00. The van der Waals surface area contributed by atoms with Crippen molar-refractivity contribution in [3.05, 3.63) is 0 Å². The summed E-state index contributed by atoms with van der Waals surface area (Å²) < 4.78 is 4.70. The Balaban J connectivity index is 2.63. The summed E-state index contributed by atoms with van der Waals surface area (Å²) in [6, 6.07) is 0. The van der Waals surface area contributed by atoms with Crippen molar-refractivity contribution in [2.75, 3.05) is 6.54 Å². The molecule has 72 valence electrons. The molecule has 6 heteroatoms. The number of aliphatic hydroxyl groups is 4. The van der Waals surface area contributed by atoms with E-state index in [9.17, 15) is 5.11 Å². The van der Waals surface area contributed by atoms with Crippen molar-refractivity contribution < 1.29 is 25.2 Å². The Morgan fingerprint density at radius 3 is 2.08 bits per heavy atom. The van der Waals surface area contributed by atoms with Gasteiger partial charge in [-0.15, -0.1) is 0 Å². The molecule has 0 aromatic heterocycles. The molecular weight excluding hydrogens is 166 g/mol. The van der Waals surface area contributed by atoms with Gasteiger partial charge in [0.25, 0.3) is 0 Å². The molecule has 0 aromatic carbocycles. The second kappa shape index (κ2) is 3.65. The zero-order valence-corrected chi connectivity index (χ0v) is 6.37. The lowest BCUT2D eigenvalue weighted by molar-refractivity contribution is -0.279. The zero-order chi connectivity index (χ0) is 9.30. The summed E-state index contributed by atoms with van der Waals surface area (Å²) in [6.07, 6.45) is -6.48. The van der Waals surface area contributed by atoms with Crippen molar-refractivity contribution in [3.63, 3.8) is 0 Å². The highest BCUT2D eigenvalue weighted by atomic mass is 16.6. The molecule has 0 bridgehead atoms. The SMILES string of the molecule is NCC1O[C@H](O)C(O)C(O)[C@@H]1O. The number of hydrogen-bond donors (Lipinski definition) is 5. The standard InChI is InChI=1S/C6H13NO5/c7-1-2-3(8)4(9)5(10)6(11)12-2/h2-6,8-11H,1,7H2/t2?,3-,4?,5?,6+/m1/s1. The van der Waals surface area contributed by atoms with Crippen LogP contribution in [0, 0.1) is 0 Å². The highest BCUT2D eigenvalue weighted by Crippen LogP contribution is 2.18. The van der Waals surface area contributed by atoms with E-state index >= 15 is 0 Å². The lowest BCUT2D eigenvalue weighted by Crippen LogP contribution is -2.59. The molecule has 0 amide bonds. The van der Waals surface area contributed by atoms with Crippen molar-refractivity contribution >= 4 is 0 Å². The summed E-state index contributed by atoms with van der Waals surface area (Å²) in [5.41, 5.74) is 5.17. The Labute approximate surface area is 69.2 Å². The second-order valence-electron chi connectivity index (χ2n) is 2.77. The van der Waals surface area contributed by atoms with Crippen LogP contribution in [0.5, 0.6) is 0 Å². The molecule has 0 aliphatic carbocycles. The molecule has 1 rings (SSSR count). The van der Waals surface area contributed by atoms with Crippen LogP contribution in [-0.2, 0) is 4.74 Å². The largest absolute Gasteiger partial charge is 0.388 e. The van der Waals surface area contributed by atoms with E-state index in [1.165, 1.54) is 0 Å². The predicted molar refractivity (Wildman–Crippen MR) is 38.0 cm³/mol. The van der Waals surface area contributed by atoms with Crippen molar-refractivity contribution in [1.29, 1.82) is 0 Å². The molecule has 0 spiro atoms. The molecule has 0 saturated carbocycles. The van der Waals surface area contributed by atoms with Gasteiger partial charge in [0.05, 0.1) is 0 Å². The molecule has 0 aromatic rings. The Morgan fingerprint density at radius 1 is 1.00 bits per heavy atom. The number of rotatable bonds is 1. The van der Waals surface area contributed by atoms with E-state index in [2.05, 4.69) is 0 Å². The van der Waals surface area contributed by atoms with E-state index in [0.717, 1.165) is 0 Å². The molecule has 1 aliphatic heterocycles. The Morgan fingerprint density at radius 2 is 1.58 bits per heavy atom. The number of aliphatic hydroxyl groups excluding tert-OH is 4. The van der Waals surface area contributed by atoms with E-state index in [1.54, 1.807) is 0 Å². The van der Waals surface area contributed by atoms with Crippen LogP contribution in [0.15, 0.2) is 0 Å². The van der Waals surface area contributed by atoms with Crippen LogP contribution in [0.2, 0.25) is 0 Å². The lowest BCUT2D eigenvalue weighted by atomic mass is 9.99. The van der Waals surface area contributed by atoms with Crippen molar-refractivity contribution in [3.8, 4) is 0 Å². The third-order valence-corrected chi connectivity index (χ3v) is 1.92. The normalized spacial score (nSPS) is 49.2. The lowest BCUT2D eigenvalue weighted by Gasteiger charge is -2.37. The van der Waals surface area contributed by atoms with Crippen LogP contribution < -0.4 is 5.73 Å². The summed E-state index contributed by atoms with van der Waals surface area (Å²) >= 11 is 0. The van der Waals surface area contributed by atoms with Gasteiger partial charge in [0.1, 0.15) is 24.4 Å². The summed E-state index contributed by atoms with van der Waals surface area (Å²) in [5, 5.41) is 36.3. The van der Waals surface area contributed by atoms with Crippen LogP contribution in [0.4, 0.5) is 0 Å². The van der Waals surface area contributed by atoms with Crippen LogP contribution in [0.25, 0.3) is 0 Å². The third kappa shape index (κ3) is 1.58. The van der Waals surface area contributed by atoms with E-state index in [0.29, 0.717) is 0 Å². The minimum absolute atomic E-state index is 0.0258. The van der Waals surface area contributed by atoms with Crippen molar-refractivity contribution in [2.45, 2.75) is 30.7 Å². The average molecular weight is 179 g/mol.